The second kappa shape index (κ2) is 9.58. The first-order chi connectivity index (χ1) is 17.0. The van der Waals surface area contributed by atoms with Crippen LogP contribution in [-0.2, 0) is 11.2 Å². The van der Waals surface area contributed by atoms with E-state index in [0.29, 0.717) is 24.1 Å². The van der Waals surface area contributed by atoms with Crippen LogP contribution >= 0.6 is 11.3 Å². The van der Waals surface area contributed by atoms with Gasteiger partial charge in [0.15, 0.2) is 5.13 Å². The van der Waals surface area contributed by atoms with E-state index in [0.717, 1.165) is 17.4 Å². The molecule has 12 heteroatoms. The van der Waals surface area contributed by atoms with Gasteiger partial charge in [0.05, 0.1) is 13.3 Å². The summed E-state index contributed by atoms with van der Waals surface area (Å²) in [6.45, 7) is 1.15. The molecule has 0 aliphatic carbocycles. The van der Waals surface area contributed by atoms with E-state index in [9.17, 15) is 14.4 Å². The highest BCUT2D eigenvalue weighted by Gasteiger charge is 2.32. The van der Waals surface area contributed by atoms with Gasteiger partial charge in [0, 0.05) is 24.7 Å². The largest absolute Gasteiger partial charge is 0.479 e. The van der Waals surface area contributed by atoms with Gasteiger partial charge in [0.2, 0.25) is 5.69 Å². The second-order valence-electron chi connectivity index (χ2n) is 8.04. The fraction of sp³-hybridized carbons (Fsp3) is 0.261. The summed E-state index contributed by atoms with van der Waals surface area (Å²) in [4.78, 5) is 52.5. The Kier molecular flexibility index (Phi) is 6.19. The summed E-state index contributed by atoms with van der Waals surface area (Å²) >= 11 is 1.18. The van der Waals surface area contributed by atoms with Crippen molar-refractivity contribution in [3.05, 3.63) is 65.1 Å². The Balaban J connectivity index is 1.38. The highest BCUT2D eigenvalue weighted by atomic mass is 32.1. The molecule has 1 aromatic carbocycles. The molecule has 4 aromatic rings. The number of thiazole rings is 1. The molecular weight excluding hydrogens is 470 g/mol. The van der Waals surface area contributed by atoms with E-state index in [4.69, 9.17) is 4.74 Å². The summed E-state index contributed by atoms with van der Waals surface area (Å²) in [7, 11) is 1.38. The maximum Gasteiger partial charge on any atom is 0.300 e. The van der Waals surface area contributed by atoms with Crippen LogP contribution in [0.1, 0.15) is 33.0 Å². The number of nitrogens with one attached hydrogen (secondary N) is 1. The van der Waals surface area contributed by atoms with E-state index in [2.05, 4.69) is 37.5 Å². The van der Waals surface area contributed by atoms with Crippen molar-refractivity contribution in [2.75, 3.05) is 25.5 Å². The van der Waals surface area contributed by atoms with E-state index in [1.807, 2.05) is 18.2 Å². The maximum absolute atomic E-state index is 13.4. The Hall–Kier alpha value is -4.19. The number of hydrogen-bond donors (Lipinski definition) is 1. The number of benzene rings is 1. The van der Waals surface area contributed by atoms with Crippen LogP contribution in [0.2, 0.25) is 0 Å². The standard InChI is InChI=1S/C23H21N7O4S/c1-34-20-17(21(33)29-9-7-15(13-29)11-14-5-3-2-4-6-14)28-30-16(12-25-22(30)27-20)18(31)19(32)26-23-24-8-10-35-23/h2-6,8,10,12,15H,7,9,11,13H2,1H3,(H,24,26,32). The van der Waals surface area contributed by atoms with Crippen LogP contribution in [0.5, 0.6) is 5.88 Å². The number of nitrogens with zero attached hydrogens (tertiary/aromatic N) is 6. The van der Waals surface area contributed by atoms with Crippen LogP contribution in [-0.4, -0.2) is 67.3 Å². The number of aromatic nitrogens is 5. The molecule has 178 valence electrons. The van der Waals surface area contributed by atoms with Gasteiger partial charge in [0.1, 0.15) is 5.69 Å². The number of carbonyl (C=O) groups excluding carboxylic acids is 3. The molecule has 1 atom stereocenters. The Morgan fingerprint density at radius 3 is 2.77 bits per heavy atom. The number of ketones is 1. The van der Waals surface area contributed by atoms with Gasteiger partial charge in [-0.15, -0.1) is 11.3 Å². The maximum atomic E-state index is 13.4. The molecule has 0 saturated carbocycles. The van der Waals surface area contributed by atoms with Crippen LogP contribution in [0.15, 0.2) is 48.1 Å². The van der Waals surface area contributed by atoms with Crippen molar-refractivity contribution in [1.82, 2.24) is 29.5 Å². The fourth-order valence-electron chi connectivity index (χ4n) is 4.07. The topological polar surface area (TPSA) is 132 Å². The number of hydrogen-bond acceptors (Lipinski definition) is 9. The van der Waals surface area contributed by atoms with Crippen molar-refractivity contribution in [2.24, 2.45) is 5.92 Å². The molecule has 0 radical (unpaired) electrons. The van der Waals surface area contributed by atoms with Gasteiger partial charge in [-0.1, -0.05) is 30.3 Å². The zero-order valence-corrected chi connectivity index (χ0v) is 19.6. The number of Topliss-reactive ketones (excluding diaryl/α,β-unsaturated/α-hetero) is 1. The van der Waals surface area contributed by atoms with Crippen LogP contribution < -0.4 is 10.1 Å². The van der Waals surface area contributed by atoms with Crippen molar-refractivity contribution in [2.45, 2.75) is 12.8 Å². The molecule has 1 saturated heterocycles. The summed E-state index contributed by atoms with van der Waals surface area (Å²) < 4.78 is 6.39. The lowest BCUT2D eigenvalue weighted by atomic mass is 9.99. The third kappa shape index (κ3) is 4.60. The number of rotatable bonds is 7. The smallest absolute Gasteiger partial charge is 0.300 e. The van der Waals surface area contributed by atoms with E-state index in [1.165, 1.54) is 36.4 Å². The van der Waals surface area contributed by atoms with E-state index in [-0.39, 0.29) is 29.0 Å². The normalized spacial score (nSPS) is 15.3. The molecule has 1 aliphatic heterocycles. The molecule has 11 nitrogen and oxygen atoms in total. The predicted octanol–water partition coefficient (Wildman–Crippen LogP) is 2.12. The monoisotopic (exact) mass is 491 g/mol. The molecule has 5 rings (SSSR count). The van der Waals surface area contributed by atoms with Crippen LogP contribution in [0.3, 0.4) is 0 Å². The molecule has 1 N–H and O–H groups in total. The Labute approximate surface area is 203 Å². The second-order valence-corrected chi connectivity index (χ2v) is 8.94. The number of fused-ring (bicyclic) bond motifs is 1. The van der Waals surface area contributed by atoms with Crippen LogP contribution in [0, 0.1) is 5.92 Å². The van der Waals surface area contributed by atoms with Gasteiger partial charge < -0.3 is 9.64 Å². The number of ether oxygens (including phenoxy) is 1. The summed E-state index contributed by atoms with van der Waals surface area (Å²) in [6, 6.07) is 10.1. The van der Waals surface area contributed by atoms with Gasteiger partial charge in [-0.3, -0.25) is 19.7 Å². The first-order valence-electron chi connectivity index (χ1n) is 10.9. The zero-order chi connectivity index (χ0) is 24.4. The number of methoxy groups -OCH3 is 1. The van der Waals surface area contributed by atoms with Gasteiger partial charge in [0.25, 0.3) is 29.3 Å². The molecule has 0 bridgehead atoms. The predicted molar refractivity (Wildman–Crippen MR) is 127 cm³/mol. The summed E-state index contributed by atoms with van der Waals surface area (Å²) in [5, 5.41) is 8.72. The number of imidazole rings is 1. The average Bonchev–Trinajstić information content (AvgIpc) is 3.64. The minimum Gasteiger partial charge on any atom is -0.479 e. The third-order valence-corrected chi connectivity index (χ3v) is 6.44. The lowest BCUT2D eigenvalue weighted by molar-refractivity contribution is -0.112. The first-order valence-corrected chi connectivity index (χ1v) is 11.8. The molecule has 1 fully saturated rings. The SMILES string of the molecule is COc1nc2ncc(C(=O)C(=O)Nc3nccs3)n2nc1C(=O)N1CCC(Cc2ccccc2)C1. The van der Waals surface area contributed by atoms with Gasteiger partial charge in [-0.05, 0) is 24.3 Å². The quantitative estimate of drug-likeness (QED) is 0.307. The lowest BCUT2D eigenvalue weighted by Gasteiger charge is -2.17. The van der Waals surface area contributed by atoms with Crippen molar-refractivity contribution >= 4 is 39.8 Å². The van der Waals surface area contributed by atoms with Gasteiger partial charge >= 0.3 is 0 Å². The van der Waals surface area contributed by atoms with Crippen molar-refractivity contribution in [3.63, 3.8) is 0 Å². The van der Waals surface area contributed by atoms with E-state index >= 15 is 0 Å². The van der Waals surface area contributed by atoms with Crippen molar-refractivity contribution in [3.8, 4) is 5.88 Å². The number of amides is 2. The molecule has 0 spiro atoms. The fourth-order valence-corrected chi connectivity index (χ4v) is 4.59. The van der Waals surface area contributed by atoms with Crippen LogP contribution in [0.4, 0.5) is 5.13 Å². The molecule has 35 heavy (non-hydrogen) atoms. The number of likely N-dealkylation sites (tertiary alicyclic amines) is 1. The minimum atomic E-state index is -0.893. The summed E-state index contributed by atoms with van der Waals surface area (Å²) in [5.74, 6) is -1.77. The lowest BCUT2D eigenvalue weighted by Crippen LogP contribution is -2.31. The molecule has 1 unspecified atom stereocenters. The minimum absolute atomic E-state index is 0.00541. The summed E-state index contributed by atoms with van der Waals surface area (Å²) in [5.41, 5.74) is 1.05. The zero-order valence-electron chi connectivity index (χ0n) is 18.7. The molecule has 2 amide bonds. The molecule has 3 aromatic heterocycles. The Morgan fingerprint density at radius 2 is 2.03 bits per heavy atom. The van der Waals surface area contributed by atoms with Crippen molar-refractivity contribution < 1.29 is 19.1 Å². The highest BCUT2D eigenvalue weighted by Crippen LogP contribution is 2.24. The third-order valence-electron chi connectivity index (χ3n) is 5.75. The Bertz CT molecular complexity index is 1390. The highest BCUT2D eigenvalue weighted by molar-refractivity contribution is 7.13. The van der Waals surface area contributed by atoms with Crippen molar-refractivity contribution in [1.29, 1.82) is 0 Å². The van der Waals surface area contributed by atoms with E-state index < -0.39 is 11.7 Å². The van der Waals surface area contributed by atoms with Crippen LogP contribution in [0.25, 0.3) is 5.78 Å². The first kappa shape index (κ1) is 22.6. The Morgan fingerprint density at radius 1 is 1.20 bits per heavy atom. The number of carbonyl (C=O) groups is 3. The van der Waals surface area contributed by atoms with E-state index in [1.54, 1.807) is 10.3 Å². The average molecular weight is 492 g/mol. The van der Waals surface area contributed by atoms with Gasteiger partial charge in [-0.25, -0.2) is 9.97 Å². The molecule has 4 heterocycles. The van der Waals surface area contributed by atoms with Gasteiger partial charge in [-0.2, -0.15) is 14.6 Å². The number of anilines is 1. The summed E-state index contributed by atoms with van der Waals surface area (Å²) in [6.07, 6.45) is 4.45. The molecular formula is C23H21N7O4S. The molecule has 1 aliphatic rings.